The van der Waals surface area contributed by atoms with Crippen molar-refractivity contribution in [1.29, 1.82) is 5.26 Å². The van der Waals surface area contributed by atoms with Crippen LogP contribution in [0.1, 0.15) is 30.9 Å². The highest BCUT2D eigenvalue weighted by Gasteiger charge is 2.21. The summed E-state index contributed by atoms with van der Waals surface area (Å²) in [6, 6.07) is 8.39. The van der Waals surface area contributed by atoms with E-state index in [0.29, 0.717) is 0 Å². The fourth-order valence-corrected chi connectivity index (χ4v) is 2.24. The van der Waals surface area contributed by atoms with Crippen LogP contribution in [-0.2, 0) is 11.3 Å². The lowest BCUT2D eigenvalue weighted by Gasteiger charge is -2.21. The van der Waals surface area contributed by atoms with Crippen molar-refractivity contribution < 1.29 is 4.74 Å². The van der Waals surface area contributed by atoms with E-state index < -0.39 is 0 Å². The largest absolute Gasteiger partial charge is 0.379 e. The van der Waals surface area contributed by atoms with Crippen LogP contribution in [0.4, 0.5) is 5.69 Å². The van der Waals surface area contributed by atoms with E-state index in [4.69, 9.17) is 4.74 Å². The zero-order valence-electron chi connectivity index (χ0n) is 13.1. The van der Waals surface area contributed by atoms with E-state index in [0.717, 1.165) is 55.6 Å². The van der Waals surface area contributed by atoms with Crippen LogP contribution < -0.4 is 10.2 Å². The summed E-state index contributed by atoms with van der Waals surface area (Å²) in [5, 5.41) is 12.6. The number of ether oxygens (including phenoxy) is 1. The summed E-state index contributed by atoms with van der Waals surface area (Å²) in [4.78, 5) is 2.10. The first-order valence-corrected chi connectivity index (χ1v) is 7.77. The Balaban J connectivity index is 1.88. The number of benzene rings is 1. The second-order valence-corrected chi connectivity index (χ2v) is 5.68. The molecule has 0 radical (unpaired) electrons. The molecule has 0 aliphatic heterocycles. The number of likely N-dealkylation sites (N-methyl/N-ethyl adjacent to an activating group) is 1. The van der Waals surface area contributed by atoms with Gasteiger partial charge in [-0.25, -0.2) is 0 Å². The van der Waals surface area contributed by atoms with E-state index in [2.05, 4.69) is 29.3 Å². The highest BCUT2D eigenvalue weighted by Crippen LogP contribution is 2.28. The molecule has 0 spiro atoms. The summed E-state index contributed by atoms with van der Waals surface area (Å²) in [7, 11) is 2.01. The monoisotopic (exact) mass is 287 g/mol. The van der Waals surface area contributed by atoms with E-state index >= 15 is 0 Å². The van der Waals surface area contributed by atoms with Gasteiger partial charge in [-0.3, -0.25) is 0 Å². The first-order valence-electron chi connectivity index (χ1n) is 7.77. The van der Waals surface area contributed by atoms with Crippen LogP contribution in [0.2, 0.25) is 0 Å². The molecule has 21 heavy (non-hydrogen) atoms. The number of rotatable bonds is 9. The minimum Gasteiger partial charge on any atom is -0.379 e. The molecule has 1 aromatic rings. The Kier molecular flexibility index (Phi) is 6.04. The van der Waals surface area contributed by atoms with Crippen LogP contribution in [0.5, 0.6) is 0 Å². The summed E-state index contributed by atoms with van der Waals surface area (Å²) in [6.45, 7) is 6.24. The molecule has 0 heterocycles. The van der Waals surface area contributed by atoms with Crippen molar-refractivity contribution in [2.75, 3.05) is 38.3 Å². The van der Waals surface area contributed by atoms with Crippen LogP contribution in [0.15, 0.2) is 18.2 Å². The molecule has 2 rings (SSSR count). The van der Waals surface area contributed by atoms with Gasteiger partial charge in [0.15, 0.2) is 0 Å². The zero-order chi connectivity index (χ0) is 15.1. The van der Waals surface area contributed by atoms with Crippen LogP contribution >= 0.6 is 0 Å². The molecule has 0 unspecified atom stereocenters. The maximum Gasteiger partial charge on any atom is 0.101 e. The molecule has 1 N–H and O–H groups in total. The van der Waals surface area contributed by atoms with Gasteiger partial charge in [-0.1, -0.05) is 13.0 Å². The van der Waals surface area contributed by atoms with Crippen molar-refractivity contribution in [3.63, 3.8) is 0 Å². The van der Waals surface area contributed by atoms with Crippen molar-refractivity contribution in [2.24, 2.45) is 5.92 Å². The van der Waals surface area contributed by atoms with Crippen molar-refractivity contribution in [3.8, 4) is 6.07 Å². The second kappa shape index (κ2) is 8.02. The van der Waals surface area contributed by atoms with Gasteiger partial charge in [0, 0.05) is 26.7 Å². The Morgan fingerprint density at radius 3 is 2.90 bits per heavy atom. The van der Waals surface area contributed by atoms with E-state index in [1.165, 1.54) is 12.8 Å². The van der Waals surface area contributed by atoms with Gasteiger partial charge in [0.25, 0.3) is 0 Å². The van der Waals surface area contributed by atoms with Gasteiger partial charge >= 0.3 is 0 Å². The standard InChI is InChI=1S/C17H25N3O/c1-3-19-12-15-6-7-17(16(10-15)11-18)20(2)8-9-21-13-14-4-5-14/h6-7,10,14,19H,3-5,8-9,12-13H2,1-2H3. The lowest BCUT2D eigenvalue weighted by Crippen LogP contribution is -2.24. The molecule has 4 nitrogen and oxygen atoms in total. The normalized spacial score (nSPS) is 14.0. The molecule has 0 bridgehead atoms. The van der Waals surface area contributed by atoms with Gasteiger partial charge in [-0.2, -0.15) is 5.26 Å². The Morgan fingerprint density at radius 1 is 1.43 bits per heavy atom. The predicted molar refractivity (Wildman–Crippen MR) is 85.4 cm³/mol. The number of nitriles is 1. The number of nitrogens with zero attached hydrogens (tertiary/aromatic N) is 2. The Labute approximate surface area is 127 Å². The van der Waals surface area contributed by atoms with Crippen molar-refractivity contribution in [3.05, 3.63) is 29.3 Å². The minimum absolute atomic E-state index is 0.719. The zero-order valence-corrected chi connectivity index (χ0v) is 13.1. The highest BCUT2D eigenvalue weighted by molar-refractivity contribution is 5.60. The summed E-state index contributed by atoms with van der Waals surface area (Å²) >= 11 is 0. The Hall–Kier alpha value is -1.57. The van der Waals surface area contributed by atoms with Crippen LogP contribution in [0.3, 0.4) is 0 Å². The molecule has 0 amide bonds. The van der Waals surface area contributed by atoms with Gasteiger partial charge in [0.05, 0.1) is 17.9 Å². The first-order chi connectivity index (χ1) is 10.2. The van der Waals surface area contributed by atoms with Crippen LogP contribution in [0, 0.1) is 17.2 Å². The van der Waals surface area contributed by atoms with Gasteiger partial charge in [-0.05, 0) is 43.0 Å². The van der Waals surface area contributed by atoms with Gasteiger partial charge < -0.3 is 15.0 Å². The molecule has 1 fully saturated rings. The SMILES string of the molecule is CCNCc1ccc(N(C)CCOCC2CC2)c(C#N)c1. The maximum atomic E-state index is 9.34. The fraction of sp³-hybridized carbons (Fsp3) is 0.588. The summed E-state index contributed by atoms with van der Waals surface area (Å²) in [5.74, 6) is 0.801. The molecule has 0 aromatic heterocycles. The first kappa shape index (κ1) is 15.8. The van der Waals surface area contributed by atoms with Crippen molar-refractivity contribution in [1.82, 2.24) is 5.32 Å². The topological polar surface area (TPSA) is 48.3 Å². The number of hydrogen-bond donors (Lipinski definition) is 1. The van der Waals surface area contributed by atoms with Gasteiger partial charge in [0.2, 0.25) is 0 Å². The highest BCUT2D eigenvalue weighted by atomic mass is 16.5. The molecule has 1 aromatic carbocycles. The Morgan fingerprint density at radius 2 is 2.24 bits per heavy atom. The van der Waals surface area contributed by atoms with Crippen LogP contribution in [0.25, 0.3) is 0 Å². The van der Waals surface area contributed by atoms with E-state index in [1.54, 1.807) is 0 Å². The molecule has 4 heteroatoms. The molecule has 114 valence electrons. The van der Waals surface area contributed by atoms with E-state index in [9.17, 15) is 5.26 Å². The maximum absolute atomic E-state index is 9.34. The van der Waals surface area contributed by atoms with Crippen molar-refractivity contribution >= 4 is 5.69 Å². The second-order valence-electron chi connectivity index (χ2n) is 5.68. The minimum atomic E-state index is 0.719. The third kappa shape index (κ3) is 5.04. The smallest absolute Gasteiger partial charge is 0.101 e. The molecule has 0 saturated heterocycles. The molecule has 1 aliphatic carbocycles. The average Bonchev–Trinajstić information content (AvgIpc) is 3.33. The number of hydrogen-bond acceptors (Lipinski definition) is 4. The summed E-state index contributed by atoms with van der Waals surface area (Å²) < 4.78 is 5.67. The van der Waals surface area contributed by atoms with Crippen molar-refractivity contribution in [2.45, 2.75) is 26.3 Å². The number of anilines is 1. The molecule has 1 saturated carbocycles. The van der Waals surface area contributed by atoms with E-state index in [1.807, 2.05) is 19.2 Å². The fourth-order valence-electron chi connectivity index (χ4n) is 2.24. The third-order valence-electron chi connectivity index (χ3n) is 3.79. The predicted octanol–water partition coefficient (Wildman–Crippen LogP) is 2.53. The lowest BCUT2D eigenvalue weighted by atomic mass is 10.1. The lowest BCUT2D eigenvalue weighted by molar-refractivity contribution is 0.131. The third-order valence-corrected chi connectivity index (χ3v) is 3.79. The molecular weight excluding hydrogens is 262 g/mol. The summed E-state index contributed by atoms with van der Waals surface area (Å²) in [6.07, 6.45) is 2.64. The quantitative estimate of drug-likeness (QED) is 0.709. The molecule has 1 aliphatic rings. The number of nitrogens with one attached hydrogen (secondary N) is 1. The van der Waals surface area contributed by atoms with E-state index in [-0.39, 0.29) is 0 Å². The Bertz CT molecular complexity index is 491. The molecule has 0 atom stereocenters. The van der Waals surface area contributed by atoms with Gasteiger partial charge in [-0.15, -0.1) is 0 Å². The van der Waals surface area contributed by atoms with Gasteiger partial charge in [0.1, 0.15) is 6.07 Å². The summed E-state index contributed by atoms with van der Waals surface area (Å²) in [5.41, 5.74) is 2.86. The molecular formula is C17H25N3O. The van der Waals surface area contributed by atoms with Crippen LogP contribution in [-0.4, -0.2) is 33.4 Å². The average molecular weight is 287 g/mol.